The van der Waals surface area contributed by atoms with Crippen LogP contribution in [0, 0.1) is 0 Å². The minimum absolute atomic E-state index is 0.842. The molecule has 5 rings (SSSR count). The van der Waals surface area contributed by atoms with Crippen LogP contribution in [0.5, 0.6) is 0 Å². The van der Waals surface area contributed by atoms with Gasteiger partial charge in [-0.05, 0) is 22.4 Å². The van der Waals surface area contributed by atoms with Crippen LogP contribution in [0.1, 0.15) is 17.0 Å². The smallest absolute Gasteiger partial charge is 0.138 e. The molecule has 3 heteroatoms. The van der Waals surface area contributed by atoms with Crippen LogP contribution in [0.3, 0.4) is 0 Å². The highest BCUT2D eigenvalue weighted by Gasteiger charge is 2.16. The first kappa shape index (κ1) is 15.0. The van der Waals surface area contributed by atoms with E-state index in [1.54, 1.807) is 0 Å². The van der Waals surface area contributed by atoms with E-state index in [1.165, 1.54) is 22.0 Å². The summed E-state index contributed by atoms with van der Waals surface area (Å²) >= 11 is 0. The Hall–Kier alpha value is -3.33. The summed E-state index contributed by atoms with van der Waals surface area (Å²) in [5.41, 5.74) is 4.68. The van der Waals surface area contributed by atoms with Crippen molar-refractivity contribution in [3.8, 4) is 11.4 Å². The zero-order chi connectivity index (χ0) is 17.3. The van der Waals surface area contributed by atoms with Gasteiger partial charge in [-0.25, -0.2) is 4.98 Å². The predicted octanol–water partition coefficient (Wildman–Crippen LogP) is 5.22. The Morgan fingerprint density at radius 1 is 0.885 bits per heavy atom. The topological polar surface area (TPSA) is 31.9 Å². The summed E-state index contributed by atoms with van der Waals surface area (Å²) in [5, 5.41) is 2.61. The third-order valence-corrected chi connectivity index (χ3v) is 4.92. The molecule has 0 amide bonds. The summed E-state index contributed by atoms with van der Waals surface area (Å²) in [7, 11) is 0. The Bertz CT molecular complexity index is 1090. The third kappa shape index (κ3) is 2.68. The Labute approximate surface area is 152 Å². The van der Waals surface area contributed by atoms with Gasteiger partial charge in [0.2, 0.25) is 0 Å². The quantitative estimate of drug-likeness (QED) is 0.556. The Morgan fingerprint density at radius 3 is 2.62 bits per heavy atom. The molecule has 126 valence electrons. The monoisotopic (exact) mass is 337 g/mol. The van der Waals surface area contributed by atoms with Crippen LogP contribution in [0.4, 0.5) is 0 Å². The van der Waals surface area contributed by atoms with E-state index < -0.39 is 0 Å². The van der Waals surface area contributed by atoms with Crippen molar-refractivity contribution in [2.75, 3.05) is 0 Å². The minimum atomic E-state index is 0.842. The molecule has 0 unspecified atom stereocenters. The number of hydrogen-bond acceptors (Lipinski definition) is 2. The molecule has 1 aliphatic heterocycles. The fourth-order valence-electron chi connectivity index (χ4n) is 3.60. The van der Waals surface area contributed by atoms with Crippen molar-refractivity contribution >= 4 is 16.8 Å². The average Bonchev–Trinajstić information content (AvgIpc) is 3.12. The second kappa shape index (κ2) is 6.19. The molecule has 4 aromatic rings. The van der Waals surface area contributed by atoms with Crippen LogP contribution in [0.25, 0.3) is 28.2 Å². The van der Waals surface area contributed by atoms with Gasteiger partial charge < -0.3 is 9.88 Å². The first-order chi connectivity index (χ1) is 12.9. The highest BCUT2D eigenvalue weighted by molar-refractivity contribution is 5.85. The van der Waals surface area contributed by atoms with E-state index in [2.05, 4.69) is 76.8 Å². The lowest BCUT2D eigenvalue weighted by atomic mass is 10.0. The average molecular weight is 337 g/mol. The molecule has 2 heterocycles. The van der Waals surface area contributed by atoms with Crippen LogP contribution < -0.4 is 0 Å². The maximum absolute atomic E-state index is 4.74. The second-order valence-electron chi connectivity index (χ2n) is 6.67. The summed E-state index contributed by atoms with van der Waals surface area (Å²) in [6.45, 7) is 1.73. The van der Waals surface area contributed by atoms with E-state index in [-0.39, 0.29) is 0 Å². The number of fused-ring (bicyclic) bond motifs is 2. The van der Waals surface area contributed by atoms with Gasteiger partial charge in [0.25, 0.3) is 0 Å². The molecule has 1 N–H and O–H groups in total. The van der Waals surface area contributed by atoms with Crippen LogP contribution in [-0.4, -0.2) is 14.9 Å². The number of benzene rings is 3. The molecule has 3 aromatic carbocycles. The molecule has 3 nitrogen and oxygen atoms in total. The van der Waals surface area contributed by atoms with Crippen molar-refractivity contribution in [2.45, 2.75) is 13.1 Å². The van der Waals surface area contributed by atoms with Crippen molar-refractivity contribution in [2.24, 2.45) is 0 Å². The van der Waals surface area contributed by atoms with Gasteiger partial charge in [-0.1, -0.05) is 72.8 Å². The molecular weight excluding hydrogens is 318 g/mol. The maximum atomic E-state index is 4.74. The van der Waals surface area contributed by atoms with Gasteiger partial charge in [0.15, 0.2) is 0 Å². The molecule has 0 bridgehead atoms. The summed E-state index contributed by atoms with van der Waals surface area (Å²) in [5.74, 6) is 0.937. The number of H-pyrrole nitrogens is 1. The predicted molar refractivity (Wildman–Crippen MR) is 106 cm³/mol. The first-order valence-corrected chi connectivity index (χ1v) is 8.90. The molecular formula is C23H19N3. The molecule has 0 spiro atoms. The minimum Gasteiger partial charge on any atom is -0.367 e. The Morgan fingerprint density at radius 2 is 1.69 bits per heavy atom. The zero-order valence-electron chi connectivity index (χ0n) is 14.4. The largest absolute Gasteiger partial charge is 0.367 e. The van der Waals surface area contributed by atoms with Crippen molar-refractivity contribution in [1.82, 2.24) is 14.9 Å². The lowest BCUT2D eigenvalue weighted by molar-refractivity contribution is 0.357. The number of rotatable bonds is 3. The molecule has 0 saturated carbocycles. The molecule has 0 atom stereocenters. The van der Waals surface area contributed by atoms with Crippen LogP contribution in [0.2, 0.25) is 0 Å². The Kier molecular flexibility index (Phi) is 3.56. The van der Waals surface area contributed by atoms with Gasteiger partial charge in [-0.2, -0.15) is 0 Å². The summed E-state index contributed by atoms with van der Waals surface area (Å²) in [4.78, 5) is 10.6. The van der Waals surface area contributed by atoms with Gasteiger partial charge >= 0.3 is 0 Å². The zero-order valence-corrected chi connectivity index (χ0v) is 14.4. The number of aromatic amines is 1. The fourth-order valence-corrected chi connectivity index (χ4v) is 3.60. The van der Waals surface area contributed by atoms with Gasteiger partial charge in [0.1, 0.15) is 5.82 Å². The third-order valence-electron chi connectivity index (χ3n) is 4.92. The molecule has 26 heavy (non-hydrogen) atoms. The lowest BCUT2D eigenvalue weighted by Gasteiger charge is -2.23. The van der Waals surface area contributed by atoms with Crippen molar-refractivity contribution in [1.29, 1.82) is 0 Å². The molecule has 1 aromatic heterocycles. The number of aromatic nitrogens is 2. The standard InChI is InChI=1S/C23H19N3/c1-2-8-18(9-3-1)23-24-21-13-14-26(16-22(21)25-23)15-19-11-6-10-17-7-4-5-12-20(17)19/h1-14H,15-16H2,(H,24,25). The molecule has 0 saturated heterocycles. The summed E-state index contributed by atoms with van der Waals surface area (Å²) in [6, 6.07) is 25.4. The summed E-state index contributed by atoms with van der Waals surface area (Å²) < 4.78 is 0. The van der Waals surface area contributed by atoms with E-state index in [1.807, 2.05) is 18.2 Å². The lowest BCUT2D eigenvalue weighted by Crippen LogP contribution is -2.19. The highest BCUT2D eigenvalue weighted by Crippen LogP contribution is 2.26. The molecule has 1 aliphatic rings. The van der Waals surface area contributed by atoms with Crippen molar-refractivity contribution < 1.29 is 0 Å². The second-order valence-corrected chi connectivity index (χ2v) is 6.67. The van der Waals surface area contributed by atoms with Gasteiger partial charge in [-0.3, -0.25) is 0 Å². The van der Waals surface area contributed by atoms with E-state index in [4.69, 9.17) is 4.98 Å². The normalized spacial score (nSPS) is 13.2. The molecule has 0 aliphatic carbocycles. The van der Waals surface area contributed by atoms with Gasteiger partial charge in [0.05, 0.1) is 17.9 Å². The highest BCUT2D eigenvalue weighted by atomic mass is 15.1. The number of nitrogens with one attached hydrogen (secondary N) is 1. The van der Waals surface area contributed by atoms with Crippen LogP contribution in [-0.2, 0) is 13.1 Å². The van der Waals surface area contributed by atoms with E-state index in [0.29, 0.717) is 0 Å². The molecule has 0 fully saturated rings. The van der Waals surface area contributed by atoms with Crippen molar-refractivity contribution in [3.63, 3.8) is 0 Å². The van der Waals surface area contributed by atoms with Gasteiger partial charge in [-0.15, -0.1) is 0 Å². The van der Waals surface area contributed by atoms with E-state index in [0.717, 1.165) is 30.2 Å². The Balaban J connectivity index is 1.41. The first-order valence-electron chi connectivity index (χ1n) is 8.90. The van der Waals surface area contributed by atoms with Gasteiger partial charge in [0, 0.05) is 18.3 Å². The fraction of sp³-hybridized carbons (Fsp3) is 0.0870. The summed E-state index contributed by atoms with van der Waals surface area (Å²) in [6.07, 6.45) is 4.26. The molecule has 0 radical (unpaired) electrons. The number of imidazole rings is 1. The van der Waals surface area contributed by atoms with Crippen LogP contribution >= 0.6 is 0 Å². The SMILES string of the molecule is C1=CN(Cc2cccc3ccccc23)Cc2[nH]c(-c3ccccc3)nc21. The number of hydrogen-bond donors (Lipinski definition) is 1. The van der Waals surface area contributed by atoms with E-state index >= 15 is 0 Å². The maximum Gasteiger partial charge on any atom is 0.138 e. The van der Waals surface area contributed by atoms with Crippen molar-refractivity contribution in [3.05, 3.63) is 95.9 Å². The van der Waals surface area contributed by atoms with E-state index in [9.17, 15) is 0 Å². The number of nitrogens with zero attached hydrogens (tertiary/aromatic N) is 2. The van der Waals surface area contributed by atoms with Crippen LogP contribution in [0.15, 0.2) is 79.0 Å².